The third-order valence-corrected chi connectivity index (χ3v) is 4.73. The number of carbonyl (C=O) groups is 2. The van der Waals surface area contributed by atoms with Crippen LogP contribution in [0.25, 0.3) is 0 Å². The van der Waals surface area contributed by atoms with E-state index < -0.39 is 0 Å². The van der Waals surface area contributed by atoms with Crippen LogP contribution in [0.4, 0.5) is 5.69 Å². The van der Waals surface area contributed by atoms with E-state index in [1.54, 1.807) is 6.07 Å². The van der Waals surface area contributed by atoms with Crippen molar-refractivity contribution >= 4 is 29.1 Å². The Hall–Kier alpha value is -2.33. The Morgan fingerprint density at radius 3 is 2.36 bits per heavy atom. The highest BCUT2D eigenvalue weighted by molar-refractivity contribution is 6.31. The van der Waals surface area contributed by atoms with E-state index >= 15 is 0 Å². The number of hydrogen-bond acceptors (Lipinski definition) is 2. The Bertz CT molecular complexity index is 799. The Kier molecular flexibility index (Phi) is 5.09. The molecular formula is C20H21ClN2O2. The zero-order valence-electron chi connectivity index (χ0n) is 14.3. The Labute approximate surface area is 152 Å². The number of aryl methyl sites for hydroxylation is 2. The average molecular weight is 357 g/mol. The van der Waals surface area contributed by atoms with Crippen LogP contribution in [-0.2, 0) is 16.1 Å². The predicted molar refractivity (Wildman–Crippen MR) is 99.4 cm³/mol. The van der Waals surface area contributed by atoms with Gasteiger partial charge in [0.1, 0.15) is 0 Å². The fourth-order valence-corrected chi connectivity index (χ4v) is 3.21. The summed E-state index contributed by atoms with van der Waals surface area (Å²) in [6, 6.07) is 13.3. The van der Waals surface area contributed by atoms with Crippen molar-refractivity contribution in [1.82, 2.24) is 5.32 Å². The zero-order valence-corrected chi connectivity index (χ0v) is 15.1. The average Bonchev–Trinajstić information content (AvgIpc) is 3.33. The van der Waals surface area contributed by atoms with Crippen molar-refractivity contribution in [1.29, 1.82) is 0 Å². The van der Waals surface area contributed by atoms with Gasteiger partial charge in [-0.05, 0) is 55.2 Å². The molecule has 130 valence electrons. The molecule has 0 aromatic heterocycles. The van der Waals surface area contributed by atoms with Crippen LogP contribution in [0, 0.1) is 25.7 Å². The summed E-state index contributed by atoms with van der Waals surface area (Å²) in [7, 11) is 0. The number of nitrogens with one attached hydrogen (secondary N) is 2. The van der Waals surface area contributed by atoms with Crippen molar-refractivity contribution in [3.63, 3.8) is 0 Å². The molecule has 0 spiro atoms. The molecule has 0 saturated heterocycles. The summed E-state index contributed by atoms with van der Waals surface area (Å²) in [5, 5.41) is 6.41. The summed E-state index contributed by atoms with van der Waals surface area (Å²) in [6.07, 6.45) is 0.588. The maximum absolute atomic E-state index is 12.3. The summed E-state index contributed by atoms with van der Waals surface area (Å²) >= 11 is 6.08. The largest absolute Gasteiger partial charge is 0.352 e. The summed E-state index contributed by atoms with van der Waals surface area (Å²) < 4.78 is 0. The number of carbonyl (C=O) groups excluding carboxylic acids is 2. The lowest BCUT2D eigenvalue weighted by molar-refractivity contribution is -0.125. The highest BCUT2D eigenvalue weighted by Crippen LogP contribution is 2.39. The molecule has 0 aliphatic heterocycles. The van der Waals surface area contributed by atoms with Crippen LogP contribution in [0.1, 0.15) is 23.1 Å². The molecule has 2 atom stereocenters. The molecule has 2 aromatic carbocycles. The SMILES string of the molecule is Cc1cc(C)cc(NC(=O)C2CC2C(=O)NCc2ccccc2Cl)c1. The standard InChI is InChI=1S/C20H21ClN2O2/c1-12-7-13(2)9-15(8-12)23-20(25)17-10-16(17)19(24)22-11-14-5-3-4-6-18(14)21/h3-9,16-17H,10-11H2,1-2H3,(H,22,24)(H,23,25). The number of benzene rings is 2. The minimum atomic E-state index is -0.257. The second-order valence-electron chi connectivity index (χ2n) is 6.62. The molecule has 1 aliphatic rings. The van der Waals surface area contributed by atoms with Gasteiger partial charge >= 0.3 is 0 Å². The molecule has 2 amide bonds. The van der Waals surface area contributed by atoms with Crippen LogP contribution in [0.5, 0.6) is 0 Å². The number of anilines is 1. The highest BCUT2D eigenvalue weighted by Gasteiger charge is 2.47. The van der Waals surface area contributed by atoms with E-state index in [4.69, 9.17) is 11.6 Å². The quantitative estimate of drug-likeness (QED) is 0.854. The third-order valence-electron chi connectivity index (χ3n) is 4.36. The van der Waals surface area contributed by atoms with Gasteiger partial charge in [0.05, 0.1) is 11.8 Å². The summed E-state index contributed by atoms with van der Waals surface area (Å²) in [6.45, 7) is 4.36. The molecule has 2 unspecified atom stereocenters. The van der Waals surface area contributed by atoms with E-state index in [0.29, 0.717) is 18.0 Å². The van der Waals surface area contributed by atoms with Crippen LogP contribution in [0.2, 0.25) is 5.02 Å². The highest BCUT2D eigenvalue weighted by atomic mass is 35.5. The van der Waals surface area contributed by atoms with E-state index in [1.165, 1.54) is 0 Å². The molecule has 1 aliphatic carbocycles. The van der Waals surface area contributed by atoms with Gasteiger partial charge < -0.3 is 10.6 Å². The smallest absolute Gasteiger partial charge is 0.228 e. The van der Waals surface area contributed by atoms with Gasteiger partial charge in [0.15, 0.2) is 0 Å². The van der Waals surface area contributed by atoms with Gasteiger partial charge in [0.2, 0.25) is 11.8 Å². The van der Waals surface area contributed by atoms with Crippen LogP contribution in [-0.4, -0.2) is 11.8 Å². The first-order valence-electron chi connectivity index (χ1n) is 8.34. The topological polar surface area (TPSA) is 58.2 Å². The van der Waals surface area contributed by atoms with Crippen LogP contribution < -0.4 is 10.6 Å². The fourth-order valence-electron chi connectivity index (χ4n) is 3.01. The normalized spacial score (nSPS) is 18.5. The maximum Gasteiger partial charge on any atom is 0.228 e. The number of halogens is 1. The number of hydrogen-bond donors (Lipinski definition) is 2. The van der Waals surface area contributed by atoms with E-state index in [9.17, 15) is 9.59 Å². The molecular weight excluding hydrogens is 336 g/mol. The molecule has 1 saturated carbocycles. The zero-order chi connectivity index (χ0) is 18.0. The van der Waals surface area contributed by atoms with Gasteiger partial charge in [-0.25, -0.2) is 0 Å². The predicted octanol–water partition coefficient (Wildman–Crippen LogP) is 3.85. The van der Waals surface area contributed by atoms with E-state index in [2.05, 4.69) is 16.7 Å². The molecule has 1 fully saturated rings. The molecule has 4 nitrogen and oxygen atoms in total. The molecule has 2 N–H and O–H groups in total. The van der Waals surface area contributed by atoms with Gasteiger partial charge in [-0.3, -0.25) is 9.59 Å². The van der Waals surface area contributed by atoms with E-state index in [0.717, 1.165) is 22.4 Å². The molecule has 5 heteroatoms. The first kappa shape index (κ1) is 17.5. The lowest BCUT2D eigenvalue weighted by Crippen LogP contribution is -2.27. The molecule has 0 bridgehead atoms. The van der Waals surface area contributed by atoms with Gasteiger partial charge in [0.25, 0.3) is 0 Å². The molecule has 2 aromatic rings. The van der Waals surface area contributed by atoms with Crippen molar-refractivity contribution < 1.29 is 9.59 Å². The monoisotopic (exact) mass is 356 g/mol. The number of rotatable bonds is 5. The fraction of sp³-hybridized carbons (Fsp3) is 0.300. The van der Waals surface area contributed by atoms with Crippen LogP contribution >= 0.6 is 11.6 Å². The first-order valence-corrected chi connectivity index (χ1v) is 8.72. The lowest BCUT2D eigenvalue weighted by atomic mass is 10.1. The van der Waals surface area contributed by atoms with Crippen molar-refractivity contribution in [2.24, 2.45) is 11.8 Å². The summed E-state index contributed by atoms with van der Waals surface area (Å²) in [5.41, 5.74) is 3.85. The molecule has 25 heavy (non-hydrogen) atoms. The van der Waals surface area contributed by atoms with E-state index in [1.807, 2.05) is 44.2 Å². The summed E-state index contributed by atoms with van der Waals surface area (Å²) in [4.78, 5) is 24.6. The van der Waals surface area contributed by atoms with Gasteiger partial charge in [-0.15, -0.1) is 0 Å². The van der Waals surface area contributed by atoms with E-state index in [-0.39, 0.29) is 23.7 Å². The Morgan fingerprint density at radius 1 is 1.04 bits per heavy atom. The minimum Gasteiger partial charge on any atom is -0.352 e. The van der Waals surface area contributed by atoms with Crippen molar-refractivity contribution in [2.75, 3.05) is 5.32 Å². The van der Waals surface area contributed by atoms with Gasteiger partial charge in [-0.2, -0.15) is 0 Å². The third kappa shape index (κ3) is 4.40. The first-order chi connectivity index (χ1) is 11.9. The van der Waals surface area contributed by atoms with Crippen molar-refractivity contribution in [3.05, 3.63) is 64.2 Å². The lowest BCUT2D eigenvalue weighted by Gasteiger charge is -2.08. The Balaban J connectivity index is 1.52. The second kappa shape index (κ2) is 7.28. The second-order valence-corrected chi connectivity index (χ2v) is 7.03. The Morgan fingerprint density at radius 2 is 1.68 bits per heavy atom. The number of amides is 2. The van der Waals surface area contributed by atoms with Crippen LogP contribution in [0.15, 0.2) is 42.5 Å². The molecule has 0 radical (unpaired) electrons. The van der Waals surface area contributed by atoms with Crippen LogP contribution in [0.3, 0.4) is 0 Å². The summed E-state index contributed by atoms with van der Waals surface area (Å²) in [5.74, 6) is -0.705. The van der Waals surface area contributed by atoms with Gasteiger partial charge in [0, 0.05) is 17.3 Å². The van der Waals surface area contributed by atoms with Crippen molar-refractivity contribution in [3.8, 4) is 0 Å². The van der Waals surface area contributed by atoms with Crippen molar-refractivity contribution in [2.45, 2.75) is 26.8 Å². The molecule has 0 heterocycles. The minimum absolute atomic E-state index is 0.0945. The maximum atomic E-state index is 12.3. The van der Waals surface area contributed by atoms with Gasteiger partial charge in [-0.1, -0.05) is 35.9 Å². The molecule has 3 rings (SSSR count).